The first kappa shape index (κ1) is 16.0. The normalized spacial score (nSPS) is 17.2. The van der Waals surface area contributed by atoms with Crippen molar-refractivity contribution >= 4 is 11.0 Å². The molecular formula is C17H21N5O3. The summed E-state index contributed by atoms with van der Waals surface area (Å²) in [4.78, 5) is 19.4. The van der Waals surface area contributed by atoms with Gasteiger partial charge in [0.05, 0.1) is 31.8 Å². The summed E-state index contributed by atoms with van der Waals surface area (Å²) in [5.41, 5.74) is 0.869. The molecule has 1 unspecified atom stereocenters. The largest absolute Gasteiger partial charge is 0.465 e. The highest BCUT2D eigenvalue weighted by molar-refractivity contribution is 5.71. The van der Waals surface area contributed by atoms with Crippen molar-refractivity contribution in [2.75, 3.05) is 26.3 Å². The number of rotatable bonds is 4. The van der Waals surface area contributed by atoms with E-state index >= 15 is 0 Å². The lowest BCUT2D eigenvalue weighted by Crippen LogP contribution is -2.41. The average Bonchev–Trinajstić information content (AvgIpc) is 3.21. The Kier molecular flexibility index (Phi) is 4.14. The minimum atomic E-state index is -0.132. The molecule has 0 radical (unpaired) electrons. The van der Waals surface area contributed by atoms with Crippen molar-refractivity contribution in [3.63, 3.8) is 0 Å². The monoisotopic (exact) mass is 343 g/mol. The maximum absolute atomic E-state index is 12.8. The summed E-state index contributed by atoms with van der Waals surface area (Å²) in [5.74, 6) is 1.71. The zero-order chi connectivity index (χ0) is 17.4. The number of morpholine rings is 1. The van der Waals surface area contributed by atoms with Crippen molar-refractivity contribution in [2.45, 2.75) is 19.5 Å². The topological polar surface area (TPSA) is 78.3 Å². The van der Waals surface area contributed by atoms with Gasteiger partial charge in [-0.05, 0) is 19.1 Å². The highest BCUT2D eigenvalue weighted by Gasteiger charge is 2.26. The fourth-order valence-electron chi connectivity index (χ4n) is 3.27. The van der Waals surface area contributed by atoms with E-state index in [2.05, 4.69) is 15.0 Å². The van der Waals surface area contributed by atoms with Crippen LogP contribution in [0.25, 0.3) is 11.0 Å². The average molecular weight is 343 g/mol. The van der Waals surface area contributed by atoms with Crippen molar-refractivity contribution < 1.29 is 9.15 Å². The van der Waals surface area contributed by atoms with Gasteiger partial charge in [-0.1, -0.05) is 0 Å². The summed E-state index contributed by atoms with van der Waals surface area (Å²) >= 11 is 0. The van der Waals surface area contributed by atoms with Gasteiger partial charge < -0.3 is 9.15 Å². The molecule has 1 fully saturated rings. The van der Waals surface area contributed by atoms with Gasteiger partial charge in [0.25, 0.3) is 5.56 Å². The summed E-state index contributed by atoms with van der Waals surface area (Å²) < 4.78 is 14.6. The summed E-state index contributed by atoms with van der Waals surface area (Å²) in [6, 6.07) is 3.89. The van der Waals surface area contributed by atoms with Crippen LogP contribution in [0.2, 0.25) is 0 Å². The third kappa shape index (κ3) is 3.10. The summed E-state index contributed by atoms with van der Waals surface area (Å²) in [5, 5.41) is 4.23. The van der Waals surface area contributed by atoms with Gasteiger partial charge >= 0.3 is 0 Å². The summed E-state index contributed by atoms with van der Waals surface area (Å²) in [6.45, 7) is 5.36. The Balaban J connectivity index is 1.70. The molecule has 4 heterocycles. The first-order valence-corrected chi connectivity index (χ1v) is 8.39. The third-order valence-corrected chi connectivity index (χ3v) is 4.55. The SMILES string of the molecule is Cc1ccc(C(Cn2cnc3cn(C)nc3c2=O)N2CCOCC2)o1. The molecule has 1 aliphatic heterocycles. The molecule has 0 saturated carbocycles. The first-order valence-electron chi connectivity index (χ1n) is 8.39. The van der Waals surface area contributed by atoms with E-state index in [1.807, 2.05) is 19.1 Å². The first-order chi connectivity index (χ1) is 12.1. The summed E-state index contributed by atoms with van der Waals surface area (Å²) in [6.07, 6.45) is 3.34. The van der Waals surface area contributed by atoms with Crippen LogP contribution in [-0.2, 0) is 18.3 Å². The molecule has 8 heteroatoms. The van der Waals surface area contributed by atoms with Crippen molar-refractivity contribution in [1.29, 1.82) is 0 Å². The molecule has 0 spiro atoms. The van der Waals surface area contributed by atoms with Crippen LogP contribution in [0, 0.1) is 6.92 Å². The minimum Gasteiger partial charge on any atom is -0.465 e. The predicted molar refractivity (Wildman–Crippen MR) is 91.3 cm³/mol. The van der Waals surface area contributed by atoms with Gasteiger partial charge in [0, 0.05) is 26.7 Å². The van der Waals surface area contributed by atoms with E-state index in [-0.39, 0.29) is 11.6 Å². The van der Waals surface area contributed by atoms with Gasteiger partial charge in [0.15, 0.2) is 5.52 Å². The lowest BCUT2D eigenvalue weighted by Gasteiger charge is -2.33. The fourth-order valence-corrected chi connectivity index (χ4v) is 3.27. The van der Waals surface area contributed by atoms with Crippen LogP contribution in [0.15, 0.2) is 33.9 Å². The van der Waals surface area contributed by atoms with Gasteiger partial charge in [0.2, 0.25) is 0 Å². The molecule has 0 amide bonds. The number of fused-ring (bicyclic) bond motifs is 1. The number of aryl methyl sites for hydroxylation is 2. The van der Waals surface area contributed by atoms with Gasteiger partial charge in [-0.25, -0.2) is 4.98 Å². The molecule has 0 aromatic carbocycles. The van der Waals surface area contributed by atoms with Gasteiger partial charge in [-0.2, -0.15) is 5.10 Å². The van der Waals surface area contributed by atoms with E-state index in [1.165, 1.54) is 0 Å². The van der Waals surface area contributed by atoms with Crippen LogP contribution in [0.3, 0.4) is 0 Å². The number of furan rings is 1. The Hall–Kier alpha value is -2.45. The van der Waals surface area contributed by atoms with E-state index < -0.39 is 0 Å². The zero-order valence-electron chi connectivity index (χ0n) is 14.4. The van der Waals surface area contributed by atoms with Crippen LogP contribution in [0.4, 0.5) is 0 Å². The lowest BCUT2D eigenvalue weighted by molar-refractivity contribution is 0.00710. The van der Waals surface area contributed by atoms with Crippen LogP contribution in [0.1, 0.15) is 17.6 Å². The number of aromatic nitrogens is 4. The number of hydrogen-bond donors (Lipinski definition) is 0. The molecule has 25 heavy (non-hydrogen) atoms. The molecule has 1 atom stereocenters. The van der Waals surface area contributed by atoms with Gasteiger partial charge in [-0.3, -0.25) is 18.9 Å². The second-order valence-corrected chi connectivity index (χ2v) is 6.35. The highest BCUT2D eigenvalue weighted by atomic mass is 16.5. The molecule has 4 rings (SSSR count). The van der Waals surface area contributed by atoms with E-state index in [0.717, 1.165) is 24.6 Å². The molecular weight excluding hydrogens is 322 g/mol. The molecule has 0 bridgehead atoms. The van der Waals surface area contributed by atoms with Gasteiger partial charge in [-0.15, -0.1) is 0 Å². The van der Waals surface area contributed by atoms with Crippen LogP contribution in [0.5, 0.6) is 0 Å². The Morgan fingerprint density at radius 3 is 2.80 bits per heavy atom. The van der Waals surface area contributed by atoms with E-state index in [1.54, 1.807) is 28.8 Å². The Morgan fingerprint density at radius 2 is 2.08 bits per heavy atom. The molecule has 0 aliphatic carbocycles. The fraction of sp³-hybridized carbons (Fsp3) is 0.471. The second-order valence-electron chi connectivity index (χ2n) is 6.35. The zero-order valence-corrected chi connectivity index (χ0v) is 14.4. The van der Waals surface area contributed by atoms with E-state index in [4.69, 9.17) is 9.15 Å². The van der Waals surface area contributed by atoms with Gasteiger partial charge in [0.1, 0.15) is 17.0 Å². The molecule has 8 nitrogen and oxygen atoms in total. The Labute approximate surface area is 144 Å². The molecule has 1 aliphatic rings. The third-order valence-electron chi connectivity index (χ3n) is 4.55. The number of hydrogen-bond acceptors (Lipinski definition) is 6. The highest BCUT2D eigenvalue weighted by Crippen LogP contribution is 2.25. The predicted octanol–water partition coefficient (Wildman–Crippen LogP) is 1.10. The molecule has 1 saturated heterocycles. The van der Waals surface area contributed by atoms with E-state index in [9.17, 15) is 4.79 Å². The summed E-state index contributed by atoms with van der Waals surface area (Å²) in [7, 11) is 1.79. The number of ether oxygens (including phenoxy) is 1. The van der Waals surface area contributed by atoms with Crippen molar-refractivity contribution in [2.24, 2.45) is 7.05 Å². The quantitative estimate of drug-likeness (QED) is 0.706. The number of nitrogens with zero attached hydrogens (tertiary/aromatic N) is 5. The molecule has 3 aromatic heterocycles. The van der Waals surface area contributed by atoms with Crippen LogP contribution >= 0.6 is 0 Å². The maximum atomic E-state index is 12.8. The minimum absolute atomic E-state index is 0.0433. The molecule has 132 valence electrons. The Bertz CT molecular complexity index is 935. The second kappa shape index (κ2) is 6.45. The van der Waals surface area contributed by atoms with Crippen molar-refractivity contribution in [3.05, 3.63) is 46.5 Å². The van der Waals surface area contributed by atoms with Crippen LogP contribution in [-0.4, -0.2) is 50.5 Å². The lowest BCUT2D eigenvalue weighted by atomic mass is 10.1. The maximum Gasteiger partial charge on any atom is 0.281 e. The van der Waals surface area contributed by atoms with Crippen molar-refractivity contribution in [3.8, 4) is 0 Å². The van der Waals surface area contributed by atoms with E-state index in [0.29, 0.717) is 30.8 Å². The Morgan fingerprint density at radius 1 is 1.28 bits per heavy atom. The smallest absolute Gasteiger partial charge is 0.281 e. The van der Waals surface area contributed by atoms with Crippen molar-refractivity contribution in [1.82, 2.24) is 24.2 Å². The standard InChI is InChI=1S/C17H21N5O3/c1-12-3-4-15(25-12)14(21-5-7-24-8-6-21)10-22-11-18-13-9-20(2)19-16(13)17(22)23/h3-4,9,11,14H,5-8,10H2,1-2H3. The van der Waals surface area contributed by atoms with Crippen LogP contribution < -0.4 is 5.56 Å². The molecule has 3 aromatic rings. The molecule has 0 N–H and O–H groups in total.